The molecule has 0 aromatic heterocycles. The van der Waals surface area contributed by atoms with Crippen molar-refractivity contribution in [2.45, 2.75) is 95.3 Å². The lowest BCUT2D eigenvalue weighted by Crippen LogP contribution is -2.62. The second-order valence-corrected chi connectivity index (χ2v) is 12.2. The van der Waals surface area contributed by atoms with E-state index in [1.807, 2.05) is 72.8 Å². The Kier molecular flexibility index (Phi) is 12.4. The molecule has 1 aliphatic heterocycles. The molecular formula is C40H46O6. The molecule has 46 heavy (non-hydrogen) atoms. The summed E-state index contributed by atoms with van der Waals surface area (Å²) in [5, 5.41) is 0. The van der Waals surface area contributed by atoms with E-state index in [9.17, 15) is 0 Å². The fraction of sp³-hybridized carbons (Fsp3) is 0.400. The van der Waals surface area contributed by atoms with Crippen molar-refractivity contribution in [2.24, 2.45) is 0 Å². The molecule has 242 valence electrons. The zero-order chi connectivity index (χ0) is 31.2. The van der Waals surface area contributed by atoms with E-state index in [0.29, 0.717) is 33.0 Å². The van der Waals surface area contributed by atoms with Gasteiger partial charge in [-0.2, -0.15) is 0 Å². The van der Waals surface area contributed by atoms with Crippen LogP contribution in [0.5, 0.6) is 0 Å². The van der Waals surface area contributed by atoms with Crippen molar-refractivity contribution >= 4 is 0 Å². The molecule has 2 aliphatic rings. The van der Waals surface area contributed by atoms with E-state index >= 15 is 0 Å². The summed E-state index contributed by atoms with van der Waals surface area (Å²) < 4.78 is 40.2. The SMILES string of the molecule is c1ccc(COC[C@H]2O[C@@H](OC3CCCCC3)[C@H](OCc3ccccc3)[C@@H](OCc3ccccc3)[C@H]2OCc2ccccc2)cc1. The third-order valence-corrected chi connectivity index (χ3v) is 8.72. The van der Waals surface area contributed by atoms with Gasteiger partial charge in [0.1, 0.15) is 24.4 Å². The van der Waals surface area contributed by atoms with Crippen LogP contribution in [0.2, 0.25) is 0 Å². The van der Waals surface area contributed by atoms with Crippen molar-refractivity contribution in [1.82, 2.24) is 0 Å². The lowest BCUT2D eigenvalue weighted by atomic mass is 9.96. The molecule has 1 saturated heterocycles. The first-order chi connectivity index (χ1) is 22.8. The van der Waals surface area contributed by atoms with Crippen LogP contribution in [-0.2, 0) is 54.8 Å². The minimum Gasteiger partial charge on any atom is -0.374 e. The van der Waals surface area contributed by atoms with Crippen molar-refractivity contribution < 1.29 is 28.4 Å². The lowest BCUT2D eigenvalue weighted by Gasteiger charge is -2.47. The maximum atomic E-state index is 6.83. The molecule has 5 atom stereocenters. The van der Waals surface area contributed by atoms with Crippen molar-refractivity contribution in [1.29, 1.82) is 0 Å². The monoisotopic (exact) mass is 622 g/mol. The molecule has 4 aromatic carbocycles. The van der Waals surface area contributed by atoms with E-state index < -0.39 is 30.7 Å². The molecule has 0 bridgehead atoms. The van der Waals surface area contributed by atoms with E-state index in [-0.39, 0.29) is 6.10 Å². The van der Waals surface area contributed by atoms with E-state index in [4.69, 9.17) is 28.4 Å². The lowest BCUT2D eigenvalue weighted by molar-refractivity contribution is -0.337. The highest BCUT2D eigenvalue weighted by Gasteiger charge is 2.49. The van der Waals surface area contributed by atoms with E-state index in [0.717, 1.165) is 47.9 Å². The van der Waals surface area contributed by atoms with Crippen molar-refractivity contribution in [3.05, 3.63) is 144 Å². The number of hydrogen-bond donors (Lipinski definition) is 0. The van der Waals surface area contributed by atoms with Crippen LogP contribution in [0.25, 0.3) is 0 Å². The third kappa shape index (κ3) is 9.58. The van der Waals surface area contributed by atoms with Gasteiger partial charge in [-0.25, -0.2) is 0 Å². The van der Waals surface area contributed by atoms with Crippen LogP contribution in [-0.4, -0.2) is 43.4 Å². The summed E-state index contributed by atoms with van der Waals surface area (Å²) in [7, 11) is 0. The Morgan fingerprint density at radius 2 is 0.913 bits per heavy atom. The molecule has 0 unspecified atom stereocenters. The van der Waals surface area contributed by atoms with Crippen molar-refractivity contribution in [3.8, 4) is 0 Å². The van der Waals surface area contributed by atoms with Gasteiger partial charge in [0.05, 0.1) is 39.1 Å². The van der Waals surface area contributed by atoms with Gasteiger partial charge in [0.2, 0.25) is 0 Å². The Hall–Kier alpha value is -3.36. The van der Waals surface area contributed by atoms with Crippen molar-refractivity contribution in [2.75, 3.05) is 6.61 Å². The summed E-state index contributed by atoms with van der Waals surface area (Å²) in [5.74, 6) is 0. The normalized spacial score (nSPS) is 23.7. The van der Waals surface area contributed by atoms with Crippen LogP contribution < -0.4 is 0 Å². The van der Waals surface area contributed by atoms with Gasteiger partial charge in [-0.05, 0) is 35.1 Å². The summed E-state index contributed by atoms with van der Waals surface area (Å²) >= 11 is 0. The maximum absolute atomic E-state index is 6.83. The Balaban J connectivity index is 1.29. The van der Waals surface area contributed by atoms with Crippen LogP contribution in [0.4, 0.5) is 0 Å². The standard InChI is InChI=1S/C40H46O6/c1-6-16-31(17-7-1)26-41-30-36-37(42-27-32-18-8-2-9-19-32)38(43-28-33-20-10-3-11-21-33)39(44-29-34-22-12-4-13-23-34)40(46-36)45-35-24-14-5-15-25-35/h1-4,6-13,16-23,35-40H,5,14-15,24-30H2/t36-,37+,38+,39-,40-/m1/s1. The maximum Gasteiger partial charge on any atom is 0.187 e. The first-order valence-electron chi connectivity index (χ1n) is 16.7. The van der Waals surface area contributed by atoms with E-state index in [1.165, 1.54) is 6.42 Å². The number of hydrogen-bond acceptors (Lipinski definition) is 6. The van der Waals surface area contributed by atoms with Crippen LogP contribution in [0.3, 0.4) is 0 Å². The molecule has 0 spiro atoms. The second kappa shape index (κ2) is 17.5. The third-order valence-electron chi connectivity index (χ3n) is 8.72. The quantitative estimate of drug-likeness (QED) is 0.134. The predicted octanol–water partition coefficient (Wildman–Crippen LogP) is 8.03. The molecule has 0 radical (unpaired) electrons. The molecule has 1 heterocycles. The number of ether oxygens (including phenoxy) is 6. The molecule has 1 aliphatic carbocycles. The van der Waals surface area contributed by atoms with Gasteiger partial charge in [-0.15, -0.1) is 0 Å². The largest absolute Gasteiger partial charge is 0.374 e. The highest BCUT2D eigenvalue weighted by molar-refractivity contribution is 5.16. The zero-order valence-electron chi connectivity index (χ0n) is 26.5. The fourth-order valence-corrected chi connectivity index (χ4v) is 6.25. The fourth-order valence-electron chi connectivity index (χ4n) is 6.25. The predicted molar refractivity (Wildman–Crippen MR) is 178 cm³/mol. The smallest absolute Gasteiger partial charge is 0.187 e. The molecule has 6 heteroatoms. The summed E-state index contributed by atoms with van der Waals surface area (Å²) in [6.45, 7) is 2.04. The number of rotatable bonds is 15. The van der Waals surface area contributed by atoms with Gasteiger partial charge in [-0.3, -0.25) is 0 Å². The van der Waals surface area contributed by atoms with E-state index in [1.54, 1.807) is 0 Å². The zero-order valence-corrected chi connectivity index (χ0v) is 26.5. The average molecular weight is 623 g/mol. The average Bonchev–Trinajstić information content (AvgIpc) is 3.12. The van der Waals surface area contributed by atoms with Crippen LogP contribution in [0, 0.1) is 0 Å². The molecule has 0 amide bonds. The first kappa shape index (κ1) is 32.6. The van der Waals surface area contributed by atoms with Gasteiger partial charge >= 0.3 is 0 Å². The van der Waals surface area contributed by atoms with Crippen LogP contribution in [0.15, 0.2) is 121 Å². The summed E-state index contributed by atoms with van der Waals surface area (Å²) in [4.78, 5) is 0. The minimum absolute atomic E-state index is 0.115. The van der Waals surface area contributed by atoms with Gasteiger partial charge in [0.15, 0.2) is 6.29 Å². The molecule has 0 N–H and O–H groups in total. The van der Waals surface area contributed by atoms with Gasteiger partial charge in [-0.1, -0.05) is 141 Å². The Morgan fingerprint density at radius 3 is 1.41 bits per heavy atom. The summed E-state index contributed by atoms with van der Waals surface area (Å²) in [6, 6.07) is 40.9. The molecular weight excluding hydrogens is 576 g/mol. The highest BCUT2D eigenvalue weighted by Crippen LogP contribution is 2.34. The summed E-state index contributed by atoms with van der Waals surface area (Å²) in [5.41, 5.74) is 4.35. The van der Waals surface area contributed by atoms with Gasteiger partial charge < -0.3 is 28.4 Å². The van der Waals surface area contributed by atoms with Gasteiger partial charge in [0.25, 0.3) is 0 Å². The second-order valence-electron chi connectivity index (χ2n) is 12.2. The molecule has 6 nitrogen and oxygen atoms in total. The molecule has 6 rings (SSSR count). The first-order valence-corrected chi connectivity index (χ1v) is 16.7. The Bertz CT molecular complexity index is 1380. The molecule has 1 saturated carbocycles. The summed E-state index contributed by atoms with van der Waals surface area (Å²) in [6.07, 6.45) is 3.20. The Labute approximate surface area is 273 Å². The van der Waals surface area contributed by atoms with Crippen LogP contribution in [0.1, 0.15) is 54.4 Å². The topological polar surface area (TPSA) is 55.4 Å². The Morgan fingerprint density at radius 1 is 0.478 bits per heavy atom. The van der Waals surface area contributed by atoms with Crippen LogP contribution >= 0.6 is 0 Å². The van der Waals surface area contributed by atoms with Crippen molar-refractivity contribution in [3.63, 3.8) is 0 Å². The van der Waals surface area contributed by atoms with Gasteiger partial charge in [0, 0.05) is 0 Å². The minimum atomic E-state index is -0.630. The highest BCUT2D eigenvalue weighted by atomic mass is 16.7. The van der Waals surface area contributed by atoms with E-state index in [2.05, 4.69) is 48.5 Å². The number of benzene rings is 4. The molecule has 4 aromatic rings. The molecule has 2 fully saturated rings.